The molecule has 1 aromatic carbocycles. The van der Waals surface area contributed by atoms with Gasteiger partial charge in [0.25, 0.3) is 0 Å². The van der Waals surface area contributed by atoms with Crippen molar-refractivity contribution in [1.29, 1.82) is 0 Å². The van der Waals surface area contributed by atoms with Crippen LogP contribution in [0.2, 0.25) is 0 Å². The van der Waals surface area contributed by atoms with Crippen LogP contribution in [0.5, 0.6) is 0 Å². The molecule has 0 spiro atoms. The van der Waals surface area contributed by atoms with Gasteiger partial charge in [0.2, 0.25) is 5.91 Å². The molecule has 3 nitrogen and oxygen atoms in total. The predicted octanol–water partition coefficient (Wildman–Crippen LogP) is 2.73. The number of aromatic nitrogens is 1. The zero-order valence-electron chi connectivity index (χ0n) is 10.9. The number of fused-ring (bicyclic) bond motifs is 1. The summed E-state index contributed by atoms with van der Waals surface area (Å²) >= 11 is 0. The maximum Gasteiger partial charge on any atom is 0.230 e. The van der Waals surface area contributed by atoms with Gasteiger partial charge in [-0.1, -0.05) is 36.4 Å². The van der Waals surface area contributed by atoms with Crippen molar-refractivity contribution in [3.05, 3.63) is 65.5 Å². The molecule has 1 aliphatic rings. The largest absolute Gasteiger partial charge is 0.332 e. The Bertz CT molecular complexity index is 570. The van der Waals surface area contributed by atoms with E-state index in [1.165, 1.54) is 0 Å². The third-order valence-corrected chi connectivity index (χ3v) is 3.67. The second-order valence-corrected chi connectivity index (χ2v) is 4.94. The van der Waals surface area contributed by atoms with Crippen molar-refractivity contribution in [3.8, 4) is 0 Å². The first-order chi connectivity index (χ1) is 9.25. The number of carbonyl (C=O) groups excluding carboxylic acids is 1. The Morgan fingerprint density at radius 1 is 1.16 bits per heavy atom. The molecule has 1 atom stereocenters. The Labute approximate surface area is 112 Å². The van der Waals surface area contributed by atoms with Crippen LogP contribution >= 0.6 is 0 Å². The maximum absolute atomic E-state index is 12.5. The molecule has 0 radical (unpaired) electrons. The van der Waals surface area contributed by atoms with E-state index in [-0.39, 0.29) is 11.8 Å². The molecule has 0 aliphatic carbocycles. The summed E-state index contributed by atoms with van der Waals surface area (Å²) in [6, 6.07) is 13.9. The first-order valence-corrected chi connectivity index (χ1v) is 6.52. The topological polar surface area (TPSA) is 33.2 Å². The van der Waals surface area contributed by atoms with Gasteiger partial charge in [0.05, 0.1) is 18.2 Å². The van der Waals surface area contributed by atoms with Gasteiger partial charge in [0, 0.05) is 12.7 Å². The van der Waals surface area contributed by atoms with Crippen LogP contribution in [0.4, 0.5) is 0 Å². The minimum absolute atomic E-state index is 0.101. The first kappa shape index (κ1) is 11.9. The van der Waals surface area contributed by atoms with Crippen LogP contribution in [0.3, 0.4) is 0 Å². The minimum Gasteiger partial charge on any atom is -0.332 e. The lowest BCUT2D eigenvalue weighted by atomic mass is 10.00. The summed E-state index contributed by atoms with van der Waals surface area (Å²) in [6.07, 6.45) is 1.79. The van der Waals surface area contributed by atoms with Gasteiger partial charge in [-0.25, -0.2) is 0 Å². The van der Waals surface area contributed by atoms with Crippen LogP contribution in [-0.4, -0.2) is 15.8 Å². The second-order valence-electron chi connectivity index (χ2n) is 4.94. The summed E-state index contributed by atoms with van der Waals surface area (Å²) in [6.45, 7) is 3.28. The molecule has 0 saturated heterocycles. The van der Waals surface area contributed by atoms with Gasteiger partial charge >= 0.3 is 0 Å². The van der Waals surface area contributed by atoms with Gasteiger partial charge < -0.3 is 4.90 Å². The van der Waals surface area contributed by atoms with E-state index in [0.717, 1.165) is 16.8 Å². The number of pyridine rings is 1. The Morgan fingerprint density at radius 2 is 1.95 bits per heavy atom. The predicted molar refractivity (Wildman–Crippen MR) is 73.3 cm³/mol. The fourth-order valence-corrected chi connectivity index (χ4v) is 2.51. The molecular weight excluding hydrogens is 236 g/mol. The zero-order chi connectivity index (χ0) is 13.2. The zero-order valence-corrected chi connectivity index (χ0v) is 10.9. The van der Waals surface area contributed by atoms with E-state index in [0.29, 0.717) is 13.1 Å². The average molecular weight is 252 g/mol. The Kier molecular flexibility index (Phi) is 3.03. The molecule has 96 valence electrons. The van der Waals surface area contributed by atoms with Crippen LogP contribution < -0.4 is 0 Å². The van der Waals surface area contributed by atoms with E-state index in [1.54, 1.807) is 6.20 Å². The fraction of sp³-hybridized carbons (Fsp3) is 0.250. The minimum atomic E-state index is -0.101. The second kappa shape index (κ2) is 4.84. The lowest BCUT2D eigenvalue weighted by molar-refractivity contribution is -0.133. The normalized spacial score (nSPS) is 15.1. The molecule has 1 aromatic heterocycles. The number of amides is 1. The van der Waals surface area contributed by atoms with Gasteiger partial charge in [-0.15, -0.1) is 0 Å². The van der Waals surface area contributed by atoms with Gasteiger partial charge in [0.1, 0.15) is 0 Å². The summed E-state index contributed by atoms with van der Waals surface area (Å²) in [4.78, 5) is 18.7. The van der Waals surface area contributed by atoms with E-state index in [4.69, 9.17) is 0 Å². The lowest BCUT2D eigenvalue weighted by Gasteiger charge is -2.20. The number of benzene rings is 1. The smallest absolute Gasteiger partial charge is 0.230 e. The van der Waals surface area contributed by atoms with Crippen molar-refractivity contribution in [2.45, 2.75) is 25.9 Å². The van der Waals surface area contributed by atoms with Crippen molar-refractivity contribution in [2.75, 3.05) is 0 Å². The average Bonchev–Trinajstić information content (AvgIpc) is 2.90. The monoisotopic (exact) mass is 252 g/mol. The quantitative estimate of drug-likeness (QED) is 0.823. The molecule has 19 heavy (non-hydrogen) atoms. The van der Waals surface area contributed by atoms with Crippen molar-refractivity contribution in [2.24, 2.45) is 0 Å². The molecular formula is C16H16N2O. The highest BCUT2D eigenvalue weighted by atomic mass is 16.2. The van der Waals surface area contributed by atoms with Gasteiger partial charge in [-0.2, -0.15) is 0 Å². The third kappa shape index (κ3) is 2.24. The SMILES string of the molecule is C[C@@H](C(=O)N1Cc2cccnc2C1)c1ccccc1. The number of carbonyl (C=O) groups is 1. The number of hydrogen-bond acceptors (Lipinski definition) is 2. The Hall–Kier alpha value is -2.16. The van der Waals surface area contributed by atoms with Gasteiger partial charge in [-0.3, -0.25) is 9.78 Å². The van der Waals surface area contributed by atoms with Crippen molar-refractivity contribution < 1.29 is 4.79 Å². The fourth-order valence-electron chi connectivity index (χ4n) is 2.51. The summed E-state index contributed by atoms with van der Waals surface area (Å²) in [5, 5.41) is 0. The van der Waals surface area contributed by atoms with Crippen molar-refractivity contribution >= 4 is 5.91 Å². The molecule has 0 saturated carbocycles. The van der Waals surface area contributed by atoms with E-state index >= 15 is 0 Å². The van der Waals surface area contributed by atoms with E-state index in [9.17, 15) is 4.79 Å². The molecule has 1 aliphatic heterocycles. The summed E-state index contributed by atoms with van der Waals surface area (Å²) in [5.41, 5.74) is 3.25. The molecule has 0 bridgehead atoms. The molecule has 0 fully saturated rings. The molecule has 0 N–H and O–H groups in total. The summed E-state index contributed by atoms with van der Waals surface area (Å²) in [5.74, 6) is 0.0692. The van der Waals surface area contributed by atoms with E-state index in [1.807, 2.05) is 54.3 Å². The Balaban J connectivity index is 1.77. The van der Waals surface area contributed by atoms with Crippen LogP contribution in [0.15, 0.2) is 48.7 Å². The lowest BCUT2D eigenvalue weighted by Crippen LogP contribution is -2.29. The molecule has 3 rings (SSSR count). The van der Waals surface area contributed by atoms with Gasteiger partial charge in [-0.05, 0) is 24.1 Å². The molecule has 3 heteroatoms. The molecule has 0 unspecified atom stereocenters. The Morgan fingerprint density at radius 3 is 2.68 bits per heavy atom. The van der Waals surface area contributed by atoms with Crippen LogP contribution in [-0.2, 0) is 17.9 Å². The van der Waals surface area contributed by atoms with E-state index < -0.39 is 0 Å². The molecule has 2 heterocycles. The third-order valence-electron chi connectivity index (χ3n) is 3.67. The van der Waals surface area contributed by atoms with Crippen molar-refractivity contribution in [3.63, 3.8) is 0 Å². The molecule has 1 amide bonds. The van der Waals surface area contributed by atoms with Crippen LogP contribution in [0.25, 0.3) is 0 Å². The number of hydrogen-bond donors (Lipinski definition) is 0. The number of nitrogens with zero attached hydrogens (tertiary/aromatic N) is 2. The first-order valence-electron chi connectivity index (χ1n) is 6.52. The van der Waals surface area contributed by atoms with Gasteiger partial charge in [0.15, 0.2) is 0 Å². The summed E-state index contributed by atoms with van der Waals surface area (Å²) < 4.78 is 0. The van der Waals surface area contributed by atoms with Crippen molar-refractivity contribution in [1.82, 2.24) is 9.88 Å². The molecule has 2 aromatic rings. The highest BCUT2D eigenvalue weighted by Crippen LogP contribution is 2.25. The highest BCUT2D eigenvalue weighted by Gasteiger charge is 2.27. The number of rotatable bonds is 2. The van der Waals surface area contributed by atoms with E-state index in [2.05, 4.69) is 4.98 Å². The maximum atomic E-state index is 12.5. The highest BCUT2D eigenvalue weighted by molar-refractivity contribution is 5.83. The van der Waals surface area contributed by atoms with Crippen LogP contribution in [0.1, 0.15) is 29.7 Å². The standard InChI is InChI=1S/C16H16N2O/c1-12(13-6-3-2-4-7-13)16(19)18-10-14-8-5-9-17-15(14)11-18/h2-9,12H,10-11H2,1H3/t12-/m1/s1. The summed E-state index contributed by atoms with van der Waals surface area (Å²) in [7, 11) is 0. The van der Waals surface area contributed by atoms with Crippen LogP contribution in [0, 0.1) is 0 Å².